The van der Waals surface area contributed by atoms with Crippen molar-refractivity contribution in [2.24, 2.45) is 0 Å². The van der Waals surface area contributed by atoms with E-state index < -0.39 is 0 Å². The Bertz CT molecular complexity index is 1020. The van der Waals surface area contributed by atoms with Gasteiger partial charge in [-0.05, 0) is 24.6 Å². The highest BCUT2D eigenvalue weighted by Crippen LogP contribution is 2.28. The summed E-state index contributed by atoms with van der Waals surface area (Å²) < 4.78 is 5.51. The van der Waals surface area contributed by atoms with Crippen molar-refractivity contribution in [3.63, 3.8) is 0 Å². The quantitative estimate of drug-likeness (QED) is 0.483. The summed E-state index contributed by atoms with van der Waals surface area (Å²) in [5.41, 5.74) is 3.11. The molecule has 0 saturated heterocycles. The molecule has 3 rings (SSSR count). The Labute approximate surface area is 181 Å². The van der Waals surface area contributed by atoms with Crippen molar-refractivity contribution in [2.75, 3.05) is 37.9 Å². The van der Waals surface area contributed by atoms with E-state index in [4.69, 9.17) is 4.74 Å². The Morgan fingerprint density at radius 2 is 1.87 bits per heavy atom. The van der Waals surface area contributed by atoms with Crippen LogP contribution >= 0.6 is 0 Å². The number of nitrogens with one attached hydrogen (secondary N) is 3. The number of methoxy groups -OCH3 is 1. The zero-order chi connectivity index (χ0) is 22.2. The third-order valence-corrected chi connectivity index (χ3v) is 4.79. The van der Waals surface area contributed by atoms with Crippen molar-refractivity contribution in [2.45, 2.75) is 19.8 Å². The maximum Gasteiger partial charge on any atom is 0.251 e. The molecule has 2 aromatic heterocycles. The van der Waals surface area contributed by atoms with E-state index in [0.29, 0.717) is 29.6 Å². The lowest BCUT2D eigenvalue weighted by Crippen LogP contribution is -2.18. The monoisotopic (exact) mass is 421 g/mol. The molecule has 1 unspecified atom stereocenters. The molecule has 0 aliphatic carbocycles. The van der Waals surface area contributed by atoms with Crippen molar-refractivity contribution < 1.29 is 9.53 Å². The van der Waals surface area contributed by atoms with Gasteiger partial charge in [-0.2, -0.15) is 0 Å². The van der Waals surface area contributed by atoms with Crippen LogP contribution in [0.25, 0.3) is 11.3 Å². The van der Waals surface area contributed by atoms with Crippen molar-refractivity contribution in [3.05, 3.63) is 54.1 Å². The minimum Gasteiger partial charge on any atom is -0.496 e. The maximum atomic E-state index is 11.9. The highest BCUT2D eigenvalue weighted by atomic mass is 16.5. The lowest BCUT2D eigenvalue weighted by Gasteiger charge is -2.17. The van der Waals surface area contributed by atoms with Gasteiger partial charge in [-0.1, -0.05) is 13.0 Å². The summed E-state index contributed by atoms with van der Waals surface area (Å²) in [7, 11) is 3.21. The number of carbonyl (C=O) groups is 1. The van der Waals surface area contributed by atoms with Gasteiger partial charge in [0.25, 0.3) is 5.91 Å². The highest BCUT2D eigenvalue weighted by molar-refractivity contribution is 5.94. The van der Waals surface area contributed by atoms with Crippen LogP contribution in [0.5, 0.6) is 5.75 Å². The first-order chi connectivity index (χ1) is 15.0. The number of nitrogens with zero attached hydrogens (tertiary/aromatic N) is 4. The highest BCUT2D eigenvalue weighted by Gasteiger charge is 2.15. The van der Waals surface area contributed by atoms with Gasteiger partial charge < -0.3 is 20.7 Å². The molecule has 1 amide bonds. The van der Waals surface area contributed by atoms with E-state index in [-0.39, 0.29) is 11.8 Å². The first-order valence-electron chi connectivity index (χ1n) is 10.1. The van der Waals surface area contributed by atoms with E-state index in [1.54, 1.807) is 38.7 Å². The van der Waals surface area contributed by atoms with Crippen LogP contribution in [0.2, 0.25) is 0 Å². The fraction of sp³-hybridized carbons (Fsp3) is 0.318. The number of benzene rings is 1. The van der Waals surface area contributed by atoms with Gasteiger partial charge >= 0.3 is 0 Å². The van der Waals surface area contributed by atoms with Crippen LogP contribution in [0.1, 0.15) is 35.7 Å². The number of anilines is 2. The lowest BCUT2D eigenvalue weighted by molar-refractivity contribution is 0.0962. The van der Waals surface area contributed by atoms with Crippen molar-refractivity contribution in [1.29, 1.82) is 0 Å². The van der Waals surface area contributed by atoms with Gasteiger partial charge in [0.15, 0.2) is 0 Å². The van der Waals surface area contributed by atoms with Crippen LogP contribution in [-0.4, -0.2) is 53.1 Å². The number of rotatable bonds is 9. The molecule has 2 heterocycles. The van der Waals surface area contributed by atoms with E-state index in [9.17, 15) is 4.79 Å². The molecule has 0 saturated carbocycles. The molecule has 0 aliphatic rings. The average Bonchev–Trinajstić information content (AvgIpc) is 2.82. The third-order valence-electron chi connectivity index (χ3n) is 4.79. The summed E-state index contributed by atoms with van der Waals surface area (Å²) in [4.78, 5) is 29.1. The van der Waals surface area contributed by atoms with Crippen LogP contribution < -0.4 is 20.7 Å². The van der Waals surface area contributed by atoms with Gasteiger partial charge in [-0.3, -0.25) is 4.79 Å². The lowest BCUT2D eigenvalue weighted by atomic mass is 9.98. The second kappa shape index (κ2) is 10.3. The van der Waals surface area contributed by atoms with Crippen molar-refractivity contribution in [3.8, 4) is 17.0 Å². The van der Waals surface area contributed by atoms with Gasteiger partial charge in [-0.15, -0.1) is 0 Å². The third kappa shape index (κ3) is 5.44. The summed E-state index contributed by atoms with van der Waals surface area (Å²) in [6, 6.07) is 7.34. The Kier molecular flexibility index (Phi) is 7.31. The maximum absolute atomic E-state index is 11.9. The number of aromatic nitrogens is 4. The molecular weight excluding hydrogens is 394 g/mol. The second-order valence-corrected chi connectivity index (χ2v) is 6.93. The van der Waals surface area contributed by atoms with E-state index in [0.717, 1.165) is 23.4 Å². The molecule has 3 N–H and O–H groups in total. The molecule has 1 aromatic carbocycles. The Morgan fingerprint density at radius 1 is 1.10 bits per heavy atom. The molecule has 31 heavy (non-hydrogen) atoms. The largest absolute Gasteiger partial charge is 0.496 e. The molecule has 0 spiro atoms. The SMILES string of the molecule is CCNc1ncc(-c2cc(NCC(C)c3ccc(C(=O)NC)cc3OC)ncn2)cn1. The van der Waals surface area contributed by atoms with Gasteiger partial charge in [0, 0.05) is 55.6 Å². The molecular formula is C22H27N7O2. The zero-order valence-corrected chi connectivity index (χ0v) is 18.1. The molecule has 0 aliphatic heterocycles. The van der Waals surface area contributed by atoms with Gasteiger partial charge in [0.2, 0.25) is 5.95 Å². The summed E-state index contributed by atoms with van der Waals surface area (Å²) in [5, 5.41) is 9.04. The number of amides is 1. The number of carbonyl (C=O) groups excluding carboxylic acids is 1. The fourth-order valence-electron chi connectivity index (χ4n) is 3.09. The minimum absolute atomic E-state index is 0.120. The van der Waals surface area contributed by atoms with Crippen molar-refractivity contribution >= 4 is 17.7 Å². The normalized spacial score (nSPS) is 11.5. The average molecular weight is 422 g/mol. The molecule has 3 aromatic rings. The summed E-state index contributed by atoms with van der Waals surface area (Å²) in [6.07, 6.45) is 4.98. The number of hydrogen-bond donors (Lipinski definition) is 3. The van der Waals surface area contributed by atoms with Crippen LogP contribution in [0.4, 0.5) is 11.8 Å². The van der Waals surface area contributed by atoms with E-state index in [1.807, 2.05) is 19.1 Å². The molecule has 1 atom stereocenters. The van der Waals surface area contributed by atoms with Crippen LogP contribution in [0.3, 0.4) is 0 Å². The van der Waals surface area contributed by atoms with Gasteiger partial charge in [-0.25, -0.2) is 19.9 Å². The Morgan fingerprint density at radius 3 is 2.55 bits per heavy atom. The molecule has 9 nitrogen and oxygen atoms in total. The zero-order valence-electron chi connectivity index (χ0n) is 18.1. The predicted octanol–water partition coefficient (Wildman–Crippen LogP) is 2.95. The number of hydrogen-bond acceptors (Lipinski definition) is 8. The van der Waals surface area contributed by atoms with Crippen LogP contribution in [0, 0.1) is 0 Å². The minimum atomic E-state index is -0.147. The van der Waals surface area contributed by atoms with Gasteiger partial charge in [0.1, 0.15) is 17.9 Å². The van der Waals surface area contributed by atoms with E-state index in [2.05, 4.69) is 42.8 Å². The Balaban J connectivity index is 1.70. The first kappa shape index (κ1) is 21.9. The molecule has 0 fully saturated rings. The number of ether oxygens (including phenoxy) is 1. The van der Waals surface area contributed by atoms with Crippen molar-refractivity contribution in [1.82, 2.24) is 25.3 Å². The predicted molar refractivity (Wildman–Crippen MR) is 121 cm³/mol. The standard InChI is InChI=1S/C22H27N7O2/c1-5-24-22-26-11-16(12-27-22)18-9-20(29-13-28-18)25-10-14(2)17-7-6-15(21(30)23-3)8-19(17)31-4/h6-9,11-14H,5,10H2,1-4H3,(H,23,30)(H,24,26,27)(H,25,28,29). The van der Waals surface area contributed by atoms with Crippen LogP contribution in [-0.2, 0) is 0 Å². The Hall–Kier alpha value is -3.75. The van der Waals surface area contributed by atoms with E-state index in [1.165, 1.54) is 6.33 Å². The topological polar surface area (TPSA) is 114 Å². The van der Waals surface area contributed by atoms with Crippen LogP contribution in [0.15, 0.2) is 43.0 Å². The summed E-state index contributed by atoms with van der Waals surface area (Å²) >= 11 is 0. The van der Waals surface area contributed by atoms with E-state index >= 15 is 0 Å². The smallest absolute Gasteiger partial charge is 0.251 e. The molecule has 162 valence electrons. The van der Waals surface area contributed by atoms with Gasteiger partial charge in [0.05, 0.1) is 12.8 Å². The first-order valence-corrected chi connectivity index (χ1v) is 10.1. The molecule has 0 bridgehead atoms. The summed E-state index contributed by atoms with van der Waals surface area (Å²) in [6.45, 7) is 5.47. The second-order valence-electron chi connectivity index (χ2n) is 6.93. The molecule has 9 heteroatoms. The molecule has 0 radical (unpaired) electrons. The summed E-state index contributed by atoms with van der Waals surface area (Å²) in [5.74, 6) is 1.94. The fourth-order valence-corrected chi connectivity index (χ4v) is 3.09.